The Morgan fingerprint density at radius 2 is 2.03 bits per heavy atom. The van der Waals surface area contributed by atoms with Crippen molar-refractivity contribution in [2.75, 3.05) is 13.7 Å². The Bertz CT molecular complexity index is 1010. The lowest BCUT2D eigenvalue weighted by Gasteiger charge is -2.62. The lowest BCUT2D eigenvalue weighted by atomic mass is 9.49. The average molecular weight is 391 g/mol. The molecular formula is C24H25NO4. The van der Waals surface area contributed by atoms with Crippen LogP contribution in [0.4, 0.5) is 0 Å². The smallest absolute Gasteiger partial charge is 0.174 e. The number of hydrogen-bond donors (Lipinski definition) is 1. The number of Topliss-reactive ketones (excluding diaryl/α,β-unsaturated/α-hetero) is 1. The molecule has 2 aromatic rings. The molecule has 29 heavy (non-hydrogen) atoms. The molecule has 150 valence electrons. The summed E-state index contributed by atoms with van der Waals surface area (Å²) >= 11 is 0. The highest BCUT2D eigenvalue weighted by atomic mass is 16.5. The number of methoxy groups -OCH3 is 1. The fraction of sp³-hybridized carbons (Fsp3) is 0.458. The fourth-order valence-electron chi connectivity index (χ4n) is 6.57. The third kappa shape index (κ3) is 2.05. The zero-order chi connectivity index (χ0) is 19.8. The Labute approximate surface area is 170 Å². The van der Waals surface area contributed by atoms with Crippen LogP contribution in [0.3, 0.4) is 0 Å². The Hall–Kier alpha value is -2.37. The predicted octanol–water partition coefficient (Wildman–Crippen LogP) is 2.62. The monoisotopic (exact) mass is 391 g/mol. The van der Waals surface area contributed by atoms with E-state index in [-0.39, 0.29) is 11.8 Å². The zero-order valence-electron chi connectivity index (χ0n) is 16.6. The van der Waals surface area contributed by atoms with Crippen molar-refractivity contribution in [1.29, 1.82) is 0 Å². The van der Waals surface area contributed by atoms with E-state index in [2.05, 4.69) is 35.2 Å². The standard InChI is InChI=1S/C24H25NO4/c1-28-18-8-7-16-13-19-24(27)10-9-17(26)22-23(24,20(16)21(18)29-22)11-12-25(19)14-15-5-3-2-4-6-15/h2-8,19,22,27H,9-14H2,1H3/t19-,22+,23?,24-/m0/s1. The van der Waals surface area contributed by atoms with Gasteiger partial charge in [-0.25, -0.2) is 0 Å². The van der Waals surface area contributed by atoms with Crippen molar-refractivity contribution in [3.63, 3.8) is 0 Å². The molecule has 2 aliphatic heterocycles. The van der Waals surface area contributed by atoms with E-state index >= 15 is 0 Å². The highest BCUT2D eigenvalue weighted by Gasteiger charge is 2.73. The predicted molar refractivity (Wildman–Crippen MR) is 107 cm³/mol. The van der Waals surface area contributed by atoms with Gasteiger partial charge in [0.2, 0.25) is 0 Å². The number of benzene rings is 2. The number of rotatable bonds is 3. The first-order valence-electron chi connectivity index (χ1n) is 10.5. The molecule has 5 heteroatoms. The summed E-state index contributed by atoms with van der Waals surface area (Å²) < 4.78 is 11.8. The van der Waals surface area contributed by atoms with Crippen LogP contribution in [0.2, 0.25) is 0 Å². The Kier molecular flexibility index (Phi) is 3.52. The van der Waals surface area contributed by atoms with E-state index in [0.717, 1.165) is 31.5 Å². The van der Waals surface area contributed by atoms with Crippen LogP contribution in [0.1, 0.15) is 36.0 Å². The molecule has 1 saturated heterocycles. The largest absolute Gasteiger partial charge is 0.493 e. The SMILES string of the molecule is COc1ccc2c3c1O[C@@H]1C(=O)CC[C@]4(O)[C@H](C2)N(Cc2ccccc2)CCC314. The molecule has 2 aliphatic carbocycles. The van der Waals surface area contributed by atoms with Gasteiger partial charge in [-0.2, -0.15) is 0 Å². The number of hydrogen-bond acceptors (Lipinski definition) is 5. The number of carbonyl (C=O) groups is 1. The normalized spacial score (nSPS) is 34.5. The van der Waals surface area contributed by atoms with Crippen molar-refractivity contribution in [3.8, 4) is 11.5 Å². The van der Waals surface area contributed by atoms with E-state index in [1.54, 1.807) is 7.11 Å². The summed E-state index contributed by atoms with van der Waals surface area (Å²) in [5.74, 6) is 1.45. The van der Waals surface area contributed by atoms with E-state index in [9.17, 15) is 9.90 Å². The van der Waals surface area contributed by atoms with E-state index < -0.39 is 17.1 Å². The molecule has 2 bridgehead atoms. The molecule has 1 saturated carbocycles. The summed E-state index contributed by atoms with van der Waals surface area (Å²) in [5.41, 5.74) is 1.85. The molecule has 1 spiro atoms. The lowest BCUT2D eigenvalue weighted by molar-refractivity contribution is -0.189. The third-order valence-corrected chi connectivity index (χ3v) is 7.80. The minimum absolute atomic E-state index is 0.0255. The van der Waals surface area contributed by atoms with Gasteiger partial charge in [0.25, 0.3) is 0 Å². The summed E-state index contributed by atoms with van der Waals surface area (Å²) in [4.78, 5) is 15.4. The van der Waals surface area contributed by atoms with E-state index in [1.165, 1.54) is 11.1 Å². The van der Waals surface area contributed by atoms with Crippen LogP contribution in [0.25, 0.3) is 0 Å². The maximum absolute atomic E-state index is 12.9. The molecule has 4 aliphatic rings. The van der Waals surface area contributed by atoms with Gasteiger partial charge in [-0.3, -0.25) is 9.69 Å². The summed E-state index contributed by atoms with van der Waals surface area (Å²) in [6.45, 7) is 1.65. The first-order chi connectivity index (χ1) is 14.1. The molecule has 2 fully saturated rings. The van der Waals surface area contributed by atoms with Crippen molar-refractivity contribution in [2.24, 2.45) is 0 Å². The molecule has 0 amide bonds. The van der Waals surface area contributed by atoms with Crippen LogP contribution < -0.4 is 9.47 Å². The number of piperidine rings is 1. The number of aliphatic hydroxyl groups is 1. The van der Waals surface area contributed by atoms with Gasteiger partial charge in [0, 0.05) is 31.1 Å². The summed E-state index contributed by atoms with van der Waals surface area (Å²) in [6, 6.07) is 14.4. The van der Waals surface area contributed by atoms with Gasteiger partial charge in [0.05, 0.1) is 18.1 Å². The quantitative estimate of drug-likeness (QED) is 0.872. The summed E-state index contributed by atoms with van der Waals surface area (Å²) in [5, 5.41) is 12.2. The van der Waals surface area contributed by atoms with Gasteiger partial charge in [-0.15, -0.1) is 0 Å². The Balaban J connectivity index is 1.51. The molecule has 2 heterocycles. The zero-order valence-corrected chi connectivity index (χ0v) is 16.6. The lowest BCUT2D eigenvalue weighted by Crippen LogP contribution is -2.76. The van der Waals surface area contributed by atoms with Crippen LogP contribution in [-0.4, -0.2) is 47.2 Å². The second-order valence-electron chi connectivity index (χ2n) is 8.92. The minimum Gasteiger partial charge on any atom is -0.493 e. The van der Waals surface area contributed by atoms with Gasteiger partial charge >= 0.3 is 0 Å². The first-order valence-corrected chi connectivity index (χ1v) is 10.5. The van der Waals surface area contributed by atoms with Crippen molar-refractivity contribution >= 4 is 5.78 Å². The van der Waals surface area contributed by atoms with E-state index in [1.807, 2.05) is 12.1 Å². The molecule has 0 aromatic heterocycles. The fourth-order valence-corrected chi connectivity index (χ4v) is 6.57. The van der Waals surface area contributed by atoms with Crippen LogP contribution in [0.5, 0.6) is 11.5 Å². The average Bonchev–Trinajstić information content (AvgIpc) is 3.09. The second-order valence-corrected chi connectivity index (χ2v) is 8.92. The molecular weight excluding hydrogens is 366 g/mol. The maximum atomic E-state index is 12.9. The second kappa shape index (κ2) is 5.83. The molecule has 1 N–H and O–H groups in total. The summed E-state index contributed by atoms with van der Waals surface area (Å²) in [6.07, 6.45) is 1.74. The molecule has 4 atom stereocenters. The van der Waals surface area contributed by atoms with E-state index in [0.29, 0.717) is 24.3 Å². The number of ketones is 1. The van der Waals surface area contributed by atoms with Crippen molar-refractivity contribution in [3.05, 3.63) is 59.2 Å². The number of ether oxygens (including phenoxy) is 2. The van der Waals surface area contributed by atoms with Crippen molar-refractivity contribution in [1.82, 2.24) is 4.90 Å². The van der Waals surface area contributed by atoms with Gasteiger partial charge in [-0.05, 0) is 36.5 Å². The molecule has 6 rings (SSSR count). The third-order valence-electron chi connectivity index (χ3n) is 7.80. The first kappa shape index (κ1) is 17.5. The summed E-state index contributed by atoms with van der Waals surface area (Å²) in [7, 11) is 1.63. The minimum atomic E-state index is -0.969. The number of nitrogens with zero attached hydrogens (tertiary/aromatic N) is 1. The maximum Gasteiger partial charge on any atom is 0.174 e. The van der Waals surface area contributed by atoms with Crippen LogP contribution in [0.15, 0.2) is 42.5 Å². The van der Waals surface area contributed by atoms with Gasteiger partial charge in [-0.1, -0.05) is 36.4 Å². The van der Waals surface area contributed by atoms with Gasteiger partial charge in [0.15, 0.2) is 23.4 Å². The van der Waals surface area contributed by atoms with Crippen molar-refractivity contribution < 1.29 is 19.4 Å². The highest BCUT2D eigenvalue weighted by molar-refractivity contribution is 5.90. The van der Waals surface area contributed by atoms with Crippen LogP contribution in [0, 0.1) is 0 Å². The molecule has 1 unspecified atom stereocenters. The topological polar surface area (TPSA) is 59.0 Å². The van der Waals surface area contributed by atoms with Crippen LogP contribution >= 0.6 is 0 Å². The van der Waals surface area contributed by atoms with Crippen molar-refractivity contribution in [2.45, 2.75) is 55.4 Å². The molecule has 2 aromatic carbocycles. The number of carbonyl (C=O) groups excluding carboxylic acids is 1. The van der Waals surface area contributed by atoms with E-state index in [4.69, 9.17) is 9.47 Å². The molecule has 5 nitrogen and oxygen atoms in total. The Morgan fingerprint density at radius 3 is 2.83 bits per heavy atom. The highest BCUT2D eigenvalue weighted by Crippen LogP contribution is 2.64. The number of likely N-dealkylation sites (tertiary alicyclic amines) is 1. The van der Waals surface area contributed by atoms with Gasteiger partial charge < -0.3 is 14.6 Å². The Morgan fingerprint density at radius 1 is 1.21 bits per heavy atom. The van der Waals surface area contributed by atoms with Gasteiger partial charge in [0.1, 0.15) is 0 Å². The molecule has 0 radical (unpaired) electrons. The van der Waals surface area contributed by atoms with Crippen LogP contribution in [-0.2, 0) is 23.2 Å².